The highest BCUT2D eigenvalue weighted by Crippen LogP contribution is 2.59. The van der Waals surface area contributed by atoms with Crippen LogP contribution in [0, 0.1) is 40.6 Å². The third kappa shape index (κ3) is 2.91. The molecule has 0 bridgehead atoms. The van der Waals surface area contributed by atoms with E-state index in [0.29, 0.717) is 5.00 Å². The van der Waals surface area contributed by atoms with E-state index in [1.54, 1.807) is 22.7 Å². The van der Waals surface area contributed by atoms with E-state index in [-0.39, 0.29) is 17.0 Å². The van der Waals surface area contributed by atoms with Crippen molar-refractivity contribution in [2.45, 2.75) is 37.5 Å². The Bertz CT molecular complexity index is 1480. The molecule has 9 heteroatoms. The van der Waals surface area contributed by atoms with Crippen LogP contribution in [-0.4, -0.2) is 11.5 Å². The summed E-state index contributed by atoms with van der Waals surface area (Å²) in [7, 11) is 0. The first-order valence-electron chi connectivity index (χ1n) is 9.60. The zero-order valence-electron chi connectivity index (χ0n) is 16.1. The normalized spacial score (nSPS) is 16.9. The van der Waals surface area contributed by atoms with Crippen LogP contribution in [0.1, 0.15) is 42.5 Å². The second kappa shape index (κ2) is 7.41. The van der Waals surface area contributed by atoms with Crippen LogP contribution in [0.2, 0.25) is 0 Å². The van der Waals surface area contributed by atoms with Gasteiger partial charge >= 0.3 is 5.84 Å². The molecular formula is C22H12N6S3. The van der Waals surface area contributed by atoms with Gasteiger partial charge in [-0.1, -0.05) is 25.8 Å². The van der Waals surface area contributed by atoms with Gasteiger partial charge in [0.2, 0.25) is 5.71 Å². The van der Waals surface area contributed by atoms with E-state index >= 15 is 0 Å². The first-order chi connectivity index (χ1) is 15.1. The maximum atomic E-state index is 9.24. The summed E-state index contributed by atoms with van der Waals surface area (Å²) in [6.45, 7) is 7.23. The van der Waals surface area contributed by atoms with Crippen molar-refractivity contribution in [1.29, 1.82) is 15.8 Å². The summed E-state index contributed by atoms with van der Waals surface area (Å²) >= 11 is 4.93. The molecule has 148 valence electrons. The number of hydrogen-bond donors (Lipinski definition) is 0. The van der Waals surface area contributed by atoms with E-state index in [9.17, 15) is 5.26 Å². The summed E-state index contributed by atoms with van der Waals surface area (Å²) in [5.74, 6) is -0.108. The summed E-state index contributed by atoms with van der Waals surface area (Å²) < 4.78 is 4.70. The highest BCUT2D eigenvalue weighted by molar-refractivity contribution is 7.39. The number of rotatable bonds is 2. The fourth-order valence-electron chi connectivity index (χ4n) is 4.56. The Morgan fingerprint density at radius 1 is 0.968 bits per heavy atom. The highest BCUT2D eigenvalue weighted by Gasteiger charge is 2.48. The van der Waals surface area contributed by atoms with Crippen LogP contribution in [-0.2, 0) is 5.41 Å². The largest absolute Gasteiger partial charge is 0.351 e. The Balaban J connectivity index is 1.70. The second-order valence-corrected chi connectivity index (χ2v) is 10.5. The molecule has 0 atom stereocenters. The van der Waals surface area contributed by atoms with Crippen LogP contribution in [0.25, 0.3) is 29.7 Å². The molecule has 0 amide bonds. The van der Waals surface area contributed by atoms with Crippen molar-refractivity contribution >= 4 is 75.4 Å². The Hall–Kier alpha value is -3.34. The smallest absolute Gasteiger partial charge is 0.349 e. The zero-order chi connectivity index (χ0) is 21.6. The number of nitriles is 3. The van der Waals surface area contributed by atoms with Gasteiger partial charge in [-0.3, -0.25) is 0 Å². The van der Waals surface area contributed by atoms with E-state index in [2.05, 4.69) is 20.9 Å². The molecule has 2 aliphatic rings. The summed E-state index contributed by atoms with van der Waals surface area (Å²) in [5, 5.41) is 27.9. The third-order valence-electron chi connectivity index (χ3n) is 5.80. The average molecular weight is 457 g/mol. The van der Waals surface area contributed by atoms with Crippen LogP contribution >= 0.6 is 34.0 Å². The van der Waals surface area contributed by atoms with E-state index in [1.165, 1.54) is 37.6 Å². The minimum absolute atomic E-state index is 0.108. The van der Waals surface area contributed by atoms with Gasteiger partial charge in [0.1, 0.15) is 28.9 Å². The monoisotopic (exact) mass is 456 g/mol. The molecule has 6 nitrogen and oxygen atoms in total. The van der Waals surface area contributed by atoms with E-state index in [0.717, 1.165) is 40.8 Å². The molecule has 1 fully saturated rings. The molecule has 0 radical (unpaired) electrons. The van der Waals surface area contributed by atoms with Gasteiger partial charge in [0.25, 0.3) is 0 Å². The van der Waals surface area contributed by atoms with Crippen LogP contribution in [0.5, 0.6) is 0 Å². The second-order valence-electron chi connectivity index (χ2n) is 7.40. The van der Waals surface area contributed by atoms with E-state index in [1.807, 2.05) is 24.3 Å². The Morgan fingerprint density at radius 3 is 2.42 bits per heavy atom. The number of hydrogen-bond acceptors (Lipinski definition) is 8. The van der Waals surface area contributed by atoms with Gasteiger partial charge < -0.3 is 4.85 Å². The topological polar surface area (TPSA) is 100 Å². The fraction of sp³-hybridized carbons (Fsp3) is 0.273. The zero-order valence-corrected chi connectivity index (χ0v) is 18.5. The highest BCUT2D eigenvalue weighted by atomic mass is 32.1. The molecule has 0 unspecified atom stereocenters. The molecule has 1 spiro atoms. The molecule has 3 aromatic heterocycles. The lowest BCUT2D eigenvalue weighted by atomic mass is 9.70. The lowest BCUT2D eigenvalue weighted by Gasteiger charge is -2.33. The average Bonchev–Trinajstić information content (AvgIpc) is 3.49. The van der Waals surface area contributed by atoms with Crippen LogP contribution in [0.3, 0.4) is 0 Å². The maximum Gasteiger partial charge on any atom is 0.349 e. The summed E-state index contributed by atoms with van der Waals surface area (Å²) in [6.07, 6.45) is 7.43. The molecule has 2 aliphatic carbocycles. The van der Waals surface area contributed by atoms with E-state index < -0.39 is 0 Å². The molecule has 3 heterocycles. The predicted molar refractivity (Wildman–Crippen MR) is 126 cm³/mol. The van der Waals surface area contributed by atoms with Gasteiger partial charge in [0.15, 0.2) is 0 Å². The van der Waals surface area contributed by atoms with Crippen LogP contribution in [0.15, 0.2) is 21.7 Å². The van der Waals surface area contributed by atoms with Crippen molar-refractivity contribution in [3.05, 3.63) is 33.6 Å². The summed E-state index contributed by atoms with van der Waals surface area (Å²) in [4.78, 5) is 13.1. The molecule has 3 aromatic rings. The molecule has 0 aromatic carbocycles. The first-order valence-corrected chi connectivity index (χ1v) is 12.0. The SMILES string of the molecule is [C-]#[N+]C(C#N)=NC1=Cc2sc3c(sc4cc(N=C(C#N)C#N)sc43)c2C12CCCCC2. The molecular weight excluding hydrogens is 444 g/mol. The number of fused-ring (bicyclic) bond motifs is 6. The Morgan fingerprint density at radius 2 is 1.74 bits per heavy atom. The number of nitrogens with zero attached hydrogens (tertiary/aromatic N) is 6. The first kappa shape index (κ1) is 19.6. The van der Waals surface area contributed by atoms with Gasteiger partial charge in [-0.25, -0.2) is 10.3 Å². The van der Waals surface area contributed by atoms with Crippen molar-refractivity contribution in [3.63, 3.8) is 0 Å². The van der Waals surface area contributed by atoms with E-state index in [4.69, 9.17) is 17.1 Å². The van der Waals surface area contributed by atoms with Crippen molar-refractivity contribution in [2.24, 2.45) is 9.98 Å². The predicted octanol–water partition coefficient (Wildman–Crippen LogP) is 6.69. The summed E-state index contributed by atoms with van der Waals surface area (Å²) in [6, 6.07) is 7.48. The van der Waals surface area contributed by atoms with Crippen molar-refractivity contribution in [2.75, 3.05) is 0 Å². The standard InChI is InChI=1S/C22H12N6S3/c1-26-16(11-25)28-15-7-13-18(22(15)5-3-2-4-6-22)20-21(29-13)19-14(30-20)8-17(31-19)27-12(9-23)10-24/h7-8H,2-6H2. The number of allylic oxidation sites excluding steroid dienone is 1. The number of thiophene rings is 3. The van der Waals surface area contributed by atoms with Gasteiger partial charge in [-0.2, -0.15) is 10.5 Å². The quantitative estimate of drug-likeness (QED) is 0.244. The Kier molecular flexibility index (Phi) is 4.69. The third-order valence-corrected chi connectivity index (χ3v) is 9.55. The molecule has 0 aliphatic heterocycles. The van der Waals surface area contributed by atoms with Gasteiger partial charge in [-0.15, -0.1) is 39.0 Å². The van der Waals surface area contributed by atoms with Gasteiger partial charge in [0.05, 0.1) is 19.5 Å². The van der Waals surface area contributed by atoms with Crippen LogP contribution < -0.4 is 0 Å². The Labute approximate surface area is 190 Å². The number of amidine groups is 1. The lowest BCUT2D eigenvalue weighted by molar-refractivity contribution is 0.346. The van der Waals surface area contributed by atoms with Crippen molar-refractivity contribution < 1.29 is 0 Å². The summed E-state index contributed by atoms with van der Waals surface area (Å²) in [5.41, 5.74) is 1.80. The van der Waals surface area contributed by atoms with Gasteiger partial charge in [-0.05, 0) is 18.9 Å². The van der Waals surface area contributed by atoms with Gasteiger partial charge in [0, 0.05) is 21.2 Å². The van der Waals surface area contributed by atoms with Crippen molar-refractivity contribution in [3.8, 4) is 18.2 Å². The molecule has 31 heavy (non-hydrogen) atoms. The number of aliphatic imine (C=N–C) groups is 2. The molecule has 0 N–H and O–H groups in total. The minimum Gasteiger partial charge on any atom is -0.351 e. The molecule has 0 saturated heterocycles. The minimum atomic E-state index is -0.221. The maximum absolute atomic E-state index is 9.24. The fourth-order valence-corrected chi connectivity index (χ4v) is 8.83. The van der Waals surface area contributed by atoms with Crippen molar-refractivity contribution in [1.82, 2.24) is 0 Å². The molecule has 5 rings (SSSR count). The molecule has 1 saturated carbocycles. The van der Waals surface area contributed by atoms with Crippen LogP contribution in [0.4, 0.5) is 5.00 Å². The lowest BCUT2D eigenvalue weighted by Crippen LogP contribution is -2.28.